The number of carbonyl (C=O) groups is 1. The zero-order valence-electron chi connectivity index (χ0n) is 15.2. The number of hydrogen-bond donors (Lipinski definition) is 2. The fraction of sp³-hybridized carbons (Fsp3) is 0.130. The van der Waals surface area contributed by atoms with Gasteiger partial charge in [0, 0.05) is 12.1 Å². The Kier molecular flexibility index (Phi) is 5.06. The van der Waals surface area contributed by atoms with Gasteiger partial charge in [0.25, 0.3) is 5.91 Å². The van der Waals surface area contributed by atoms with Crippen LogP contribution in [0.25, 0.3) is 0 Å². The predicted molar refractivity (Wildman–Crippen MR) is 109 cm³/mol. The van der Waals surface area contributed by atoms with Crippen molar-refractivity contribution in [3.05, 3.63) is 96.2 Å². The monoisotopic (exact) mass is 372 g/mol. The second kappa shape index (κ2) is 7.96. The molecule has 5 nitrogen and oxygen atoms in total. The van der Waals surface area contributed by atoms with E-state index in [1.165, 1.54) is 0 Å². The average molecular weight is 372 g/mol. The van der Waals surface area contributed by atoms with Crippen molar-refractivity contribution in [2.45, 2.75) is 18.8 Å². The second-order valence-corrected chi connectivity index (χ2v) is 6.70. The van der Waals surface area contributed by atoms with E-state index in [2.05, 4.69) is 10.3 Å². The molecule has 2 aromatic carbocycles. The maximum Gasteiger partial charge on any atom is 0.260 e. The first kappa shape index (κ1) is 17.8. The van der Waals surface area contributed by atoms with Gasteiger partial charge in [-0.05, 0) is 48.2 Å². The van der Waals surface area contributed by atoms with Crippen molar-refractivity contribution in [1.82, 2.24) is 0 Å². The lowest BCUT2D eigenvalue weighted by molar-refractivity contribution is -0.112. The maximum atomic E-state index is 12.9. The number of anilines is 1. The van der Waals surface area contributed by atoms with Crippen LogP contribution in [-0.4, -0.2) is 16.7 Å². The second-order valence-electron chi connectivity index (χ2n) is 6.70. The van der Waals surface area contributed by atoms with Gasteiger partial charge < -0.3 is 14.8 Å². The van der Waals surface area contributed by atoms with E-state index in [0.717, 1.165) is 11.3 Å². The van der Waals surface area contributed by atoms with Crippen LogP contribution in [0.2, 0.25) is 0 Å². The Morgan fingerprint density at radius 2 is 1.71 bits per heavy atom. The zero-order valence-corrected chi connectivity index (χ0v) is 15.2. The lowest BCUT2D eigenvalue weighted by Gasteiger charge is -2.25. The number of aliphatic hydroxyl groups is 1. The number of amides is 1. The normalized spacial score (nSPS) is 18.3. The third-order valence-corrected chi connectivity index (χ3v) is 4.75. The van der Waals surface area contributed by atoms with E-state index in [0.29, 0.717) is 24.2 Å². The minimum Gasteiger partial charge on any atom is -0.511 e. The summed E-state index contributed by atoms with van der Waals surface area (Å²) in [5.41, 5.74) is 3.20. The van der Waals surface area contributed by atoms with Gasteiger partial charge in [0.05, 0.1) is 29.5 Å². The molecule has 0 radical (unpaired) electrons. The Labute approximate surface area is 163 Å². The number of nitrogens with zero attached hydrogens (tertiary/aromatic N) is 1. The number of hydrogen-bond acceptors (Lipinski definition) is 4. The molecule has 3 aromatic rings. The molecule has 0 bridgehead atoms. The summed E-state index contributed by atoms with van der Waals surface area (Å²) in [5, 5.41) is 13.6. The molecule has 5 heteroatoms. The van der Waals surface area contributed by atoms with Crippen LogP contribution in [0.3, 0.4) is 0 Å². The third kappa shape index (κ3) is 3.88. The first-order valence-electron chi connectivity index (χ1n) is 9.14. The van der Waals surface area contributed by atoms with E-state index in [-0.39, 0.29) is 23.2 Å². The van der Waals surface area contributed by atoms with Gasteiger partial charge in [-0.15, -0.1) is 0 Å². The molecule has 1 aromatic heterocycles. The van der Waals surface area contributed by atoms with Crippen molar-refractivity contribution in [2.75, 3.05) is 5.32 Å². The Morgan fingerprint density at radius 1 is 1.00 bits per heavy atom. The third-order valence-electron chi connectivity index (χ3n) is 4.75. The fourth-order valence-electron chi connectivity index (χ4n) is 3.39. The van der Waals surface area contributed by atoms with Crippen LogP contribution in [0.1, 0.15) is 24.3 Å². The highest BCUT2D eigenvalue weighted by Crippen LogP contribution is 2.35. The molecule has 1 aliphatic rings. The molecule has 28 heavy (non-hydrogen) atoms. The van der Waals surface area contributed by atoms with Gasteiger partial charge in [-0.25, -0.2) is 0 Å². The Hall–Kier alpha value is -3.60. The molecule has 1 aliphatic carbocycles. The van der Waals surface area contributed by atoms with Gasteiger partial charge in [-0.3, -0.25) is 9.79 Å². The highest BCUT2D eigenvalue weighted by atomic mass is 16.3. The number of para-hydroxylation sites is 2. The number of nitrogens with one attached hydrogen (secondary N) is 1. The SMILES string of the molecule is O=C(Nc1ccccc1)C1=C(O)CC(c2ccoc2)CC1=Nc1ccccc1. The van der Waals surface area contributed by atoms with Gasteiger partial charge in [-0.2, -0.15) is 0 Å². The van der Waals surface area contributed by atoms with Gasteiger partial charge in [0.1, 0.15) is 5.76 Å². The van der Waals surface area contributed by atoms with Gasteiger partial charge >= 0.3 is 0 Å². The summed E-state index contributed by atoms with van der Waals surface area (Å²) >= 11 is 0. The Balaban J connectivity index is 1.70. The van der Waals surface area contributed by atoms with Gasteiger partial charge in [0.15, 0.2) is 0 Å². The average Bonchev–Trinajstić information content (AvgIpc) is 3.24. The quantitative estimate of drug-likeness (QED) is 0.645. The van der Waals surface area contributed by atoms with Crippen molar-refractivity contribution in [2.24, 2.45) is 4.99 Å². The van der Waals surface area contributed by atoms with Crippen molar-refractivity contribution in [3.63, 3.8) is 0 Å². The van der Waals surface area contributed by atoms with Crippen LogP contribution >= 0.6 is 0 Å². The van der Waals surface area contributed by atoms with E-state index < -0.39 is 0 Å². The largest absolute Gasteiger partial charge is 0.511 e. The predicted octanol–water partition coefficient (Wildman–Crippen LogP) is 5.38. The highest BCUT2D eigenvalue weighted by Gasteiger charge is 2.31. The molecule has 1 amide bonds. The van der Waals surface area contributed by atoms with Crippen LogP contribution in [0.4, 0.5) is 11.4 Å². The van der Waals surface area contributed by atoms with E-state index >= 15 is 0 Å². The summed E-state index contributed by atoms with van der Waals surface area (Å²) in [6.07, 6.45) is 4.19. The Bertz CT molecular complexity index is 1010. The van der Waals surface area contributed by atoms with Crippen LogP contribution in [0.15, 0.2) is 100.0 Å². The molecule has 0 aliphatic heterocycles. The number of carbonyl (C=O) groups excluding carboxylic acids is 1. The Morgan fingerprint density at radius 3 is 2.39 bits per heavy atom. The molecule has 0 saturated carbocycles. The maximum absolute atomic E-state index is 12.9. The van der Waals surface area contributed by atoms with Crippen LogP contribution in [0, 0.1) is 0 Å². The lowest BCUT2D eigenvalue weighted by atomic mass is 9.82. The van der Waals surface area contributed by atoms with E-state index in [1.54, 1.807) is 24.7 Å². The topological polar surface area (TPSA) is 74.8 Å². The zero-order chi connectivity index (χ0) is 19.3. The molecule has 1 heterocycles. The number of furan rings is 1. The number of allylic oxidation sites excluding steroid dienone is 1. The summed E-state index contributed by atoms with van der Waals surface area (Å²) in [6, 6.07) is 20.5. The summed E-state index contributed by atoms with van der Waals surface area (Å²) < 4.78 is 5.19. The minimum absolute atomic E-state index is 0.00878. The molecule has 0 spiro atoms. The molecule has 4 rings (SSSR count). The summed E-state index contributed by atoms with van der Waals surface area (Å²) in [4.78, 5) is 17.6. The molecule has 0 saturated heterocycles. The molecule has 2 N–H and O–H groups in total. The van der Waals surface area contributed by atoms with Gasteiger partial charge in [0.2, 0.25) is 0 Å². The molecular formula is C23H20N2O3. The standard InChI is InChI=1S/C23H20N2O3/c26-21-14-17(16-11-12-28-15-16)13-20(24-18-7-3-1-4-8-18)22(21)23(27)25-19-9-5-2-6-10-19/h1-12,15,17,26H,13-14H2,(H,25,27). The van der Waals surface area contributed by atoms with Gasteiger partial charge in [-0.1, -0.05) is 36.4 Å². The van der Waals surface area contributed by atoms with Crippen molar-refractivity contribution >= 4 is 23.0 Å². The smallest absolute Gasteiger partial charge is 0.260 e. The summed E-state index contributed by atoms with van der Waals surface area (Å²) in [7, 11) is 0. The molecule has 140 valence electrons. The first-order valence-corrected chi connectivity index (χ1v) is 9.14. The molecule has 1 unspecified atom stereocenters. The first-order chi connectivity index (χ1) is 13.7. The number of aliphatic hydroxyl groups excluding tert-OH is 1. The number of aliphatic imine (C=N–C) groups is 1. The van der Waals surface area contributed by atoms with E-state index in [4.69, 9.17) is 4.42 Å². The molecular weight excluding hydrogens is 352 g/mol. The lowest BCUT2D eigenvalue weighted by Crippen LogP contribution is -2.27. The fourth-order valence-corrected chi connectivity index (χ4v) is 3.39. The van der Waals surface area contributed by atoms with Crippen molar-refractivity contribution in [1.29, 1.82) is 0 Å². The summed E-state index contributed by atoms with van der Waals surface area (Å²) in [5.74, 6) is -0.306. The summed E-state index contributed by atoms with van der Waals surface area (Å²) in [6.45, 7) is 0. The van der Waals surface area contributed by atoms with Crippen molar-refractivity contribution in [3.8, 4) is 0 Å². The van der Waals surface area contributed by atoms with Crippen LogP contribution in [0.5, 0.6) is 0 Å². The molecule has 1 atom stereocenters. The van der Waals surface area contributed by atoms with E-state index in [9.17, 15) is 9.90 Å². The molecule has 0 fully saturated rings. The minimum atomic E-state index is -0.357. The van der Waals surface area contributed by atoms with Crippen molar-refractivity contribution < 1.29 is 14.3 Å². The number of rotatable bonds is 4. The highest BCUT2D eigenvalue weighted by molar-refractivity contribution is 6.26. The van der Waals surface area contributed by atoms with Crippen LogP contribution in [-0.2, 0) is 4.79 Å². The van der Waals surface area contributed by atoms with E-state index in [1.807, 2.05) is 54.6 Å². The number of benzene rings is 2. The van der Waals surface area contributed by atoms with Crippen LogP contribution < -0.4 is 5.32 Å².